The molecule has 4 nitrogen and oxygen atoms in total. The number of nitrogens with two attached hydrogens (primary N) is 1. The molecule has 0 radical (unpaired) electrons. The Morgan fingerprint density at radius 3 is 2.69 bits per heavy atom. The highest BCUT2D eigenvalue weighted by Gasteiger charge is 2.40. The highest BCUT2D eigenvalue weighted by molar-refractivity contribution is 5.86. The van der Waals surface area contributed by atoms with Gasteiger partial charge in [0.1, 0.15) is 0 Å². The van der Waals surface area contributed by atoms with Crippen molar-refractivity contribution in [2.24, 2.45) is 5.73 Å². The molecule has 4 heteroatoms. The van der Waals surface area contributed by atoms with E-state index >= 15 is 0 Å². The summed E-state index contributed by atoms with van der Waals surface area (Å²) in [6, 6.07) is 0. The molecule has 16 heavy (non-hydrogen) atoms. The van der Waals surface area contributed by atoms with Crippen LogP contribution in [0.4, 0.5) is 0 Å². The molecule has 1 aliphatic heterocycles. The number of carbonyl (C=O) groups excluding carboxylic acids is 1. The lowest BCUT2D eigenvalue weighted by molar-refractivity contribution is -0.151. The van der Waals surface area contributed by atoms with Crippen molar-refractivity contribution >= 4 is 5.91 Å². The third-order valence-electron chi connectivity index (χ3n) is 3.15. The summed E-state index contributed by atoms with van der Waals surface area (Å²) in [4.78, 5) is 14.2. The molecule has 0 aromatic heterocycles. The Hall–Kier alpha value is -0.610. The lowest BCUT2D eigenvalue weighted by atomic mass is 9.92. The molecular formula is C12H24N2O2. The Balaban J connectivity index is 2.79. The van der Waals surface area contributed by atoms with Crippen LogP contribution in [0.15, 0.2) is 0 Å². The first-order valence-corrected chi connectivity index (χ1v) is 6.00. The van der Waals surface area contributed by atoms with E-state index in [0.29, 0.717) is 19.8 Å². The van der Waals surface area contributed by atoms with Crippen molar-refractivity contribution in [3.63, 3.8) is 0 Å². The summed E-state index contributed by atoms with van der Waals surface area (Å²) in [6.45, 7) is 9.74. The van der Waals surface area contributed by atoms with Crippen LogP contribution in [0.1, 0.15) is 40.5 Å². The summed E-state index contributed by atoms with van der Waals surface area (Å²) in [5.41, 5.74) is 5.10. The van der Waals surface area contributed by atoms with E-state index in [1.807, 2.05) is 32.6 Å². The van der Waals surface area contributed by atoms with Crippen molar-refractivity contribution in [3.05, 3.63) is 0 Å². The number of hydrogen-bond acceptors (Lipinski definition) is 3. The van der Waals surface area contributed by atoms with Crippen LogP contribution >= 0.6 is 0 Å². The molecule has 0 aromatic carbocycles. The van der Waals surface area contributed by atoms with Gasteiger partial charge in [0.05, 0.1) is 24.3 Å². The average Bonchev–Trinajstić information content (AvgIpc) is 2.16. The second-order valence-corrected chi connectivity index (χ2v) is 5.49. The third kappa shape index (κ3) is 2.74. The molecule has 1 fully saturated rings. The fraction of sp³-hybridized carbons (Fsp3) is 0.917. The molecule has 0 aliphatic carbocycles. The number of amides is 1. The number of morpholine rings is 1. The van der Waals surface area contributed by atoms with Gasteiger partial charge in [-0.25, -0.2) is 0 Å². The topological polar surface area (TPSA) is 55.6 Å². The predicted molar refractivity (Wildman–Crippen MR) is 64.1 cm³/mol. The minimum Gasteiger partial charge on any atom is -0.377 e. The van der Waals surface area contributed by atoms with E-state index in [1.54, 1.807) is 0 Å². The van der Waals surface area contributed by atoms with Crippen molar-refractivity contribution in [1.82, 2.24) is 4.90 Å². The first-order chi connectivity index (χ1) is 7.31. The van der Waals surface area contributed by atoms with Crippen molar-refractivity contribution in [2.45, 2.75) is 51.6 Å². The maximum Gasteiger partial charge on any atom is 0.242 e. The fourth-order valence-electron chi connectivity index (χ4n) is 2.17. The number of nitrogens with zero attached hydrogens (tertiary/aromatic N) is 1. The number of rotatable bonds is 3. The summed E-state index contributed by atoms with van der Waals surface area (Å²) >= 11 is 0. The molecule has 0 spiro atoms. The van der Waals surface area contributed by atoms with E-state index in [2.05, 4.69) is 0 Å². The summed E-state index contributed by atoms with van der Waals surface area (Å²) in [5.74, 6) is 0.0441. The highest BCUT2D eigenvalue weighted by Crippen LogP contribution is 2.23. The van der Waals surface area contributed by atoms with E-state index in [4.69, 9.17) is 10.5 Å². The average molecular weight is 228 g/mol. The fourth-order valence-corrected chi connectivity index (χ4v) is 2.17. The van der Waals surface area contributed by atoms with Gasteiger partial charge in [0.25, 0.3) is 0 Å². The molecule has 1 heterocycles. The van der Waals surface area contributed by atoms with Crippen molar-refractivity contribution < 1.29 is 9.53 Å². The maximum absolute atomic E-state index is 12.4. The normalized spacial score (nSPS) is 23.9. The number of hydrogen-bond donors (Lipinski definition) is 1. The molecule has 1 amide bonds. The van der Waals surface area contributed by atoms with Crippen LogP contribution in [0.25, 0.3) is 0 Å². The van der Waals surface area contributed by atoms with Gasteiger partial charge >= 0.3 is 0 Å². The van der Waals surface area contributed by atoms with Gasteiger partial charge in [-0.05, 0) is 27.2 Å². The molecule has 1 atom stereocenters. The Morgan fingerprint density at radius 2 is 2.19 bits per heavy atom. The number of ether oxygens (including phenoxy) is 1. The zero-order valence-electron chi connectivity index (χ0n) is 10.9. The van der Waals surface area contributed by atoms with Crippen LogP contribution < -0.4 is 5.73 Å². The van der Waals surface area contributed by atoms with E-state index in [-0.39, 0.29) is 11.4 Å². The van der Waals surface area contributed by atoms with E-state index < -0.39 is 5.54 Å². The minimum atomic E-state index is -0.747. The zero-order chi connectivity index (χ0) is 12.4. The Kier molecular flexibility index (Phi) is 3.97. The molecule has 0 aromatic rings. The van der Waals surface area contributed by atoms with Gasteiger partial charge in [0.2, 0.25) is 5.91 Å². The first-order valence-electron chi connectivity index (χ1n) is 6.00. The zero-order valence-corrected chi connectivity index (χ0v) is 10.9. The Labute approximate surface area is 98.1 Å². The Morgan fingerprint density at radius 1 is 1.56 bits per heavy atom. The van der Waals surface area contributed by atoms with Crippen LogP contribution in [0, 0.1) is 0 Å². The quantitative estimate of drug-likeness (QED) is 0.788. The smallest absolute Gasteiger partial charge is 0.242 e. The van der Waals surface area contributed by atoms with Gasteiger partial charge in [0.15, 0.2) is 0 Å². The summed E-state index contributed by atoms with van der Waals surface area (Å²) < 4.78 is 5.40. The minimum absolute atomic E-state index is 0.0441. The Bertz CT molecular complexity index is 262. The maximum atomic E-state index is 12.4. The molecule has 2 N–H and O–H groups in total. The lowest BCUT2D eigenvalue weighted by Crippen LogP contribution is -2.63. The van der Waals surface area contributed by atoms with E-state index in [0.717, 1.165) is 12.8 Å². The third-order valence-corrected chi connectivity index (χ3v) is 3.15. The van der Waals surface area contributed by atoms with Crippen LogP contribution in [-0.4, -0.2) is 41.6 Å². The largest absolute Gasteiger partial charge is 0.377 e. The summed E-state index contributed by atoms with van der Waals surface area (Å²) in [5, 5.41) is 0. The van der Waals surface area contributed by atoms with Crippen LogP contribution in [-0.2, 0) is 9.53 Å². The second-order valence-electron chi connectivity index (χ2n) is 5.49. The van der Waals surface area contributed by atoms with E-state index in [1.165, 1.54) is 0 Å². The molecule has 1 unspecified atom stereocenters. The van der Waals surface area contributed by atoms with Gasteiger partial charge < -0.3 is 15.4 Å². The van der Waals surface area contributed by atoms with Crippen LogP contribution in [0.2, 0.25) is 0 Å². The molecule has 0 saturated carbocycles. The van der Waals surface area contributed by atoms with Gasteiger partial charge in [-0.2, -0.15) is 0 Å². The molecule has 0 bridgehead atoms. The van der Waals surface area contributed by atoms with Gasteiger partial charge in [-0.1, -0.05) is 13.3 Å². The van der Waals surface area contributed by atoms with E-state index in [9.17, 15) is 4.79 Å². The van der Waals surface area contributed by atoms with Gasteiger partial charge in [-0.15, -0.1) is 0 Å². The van der Waals surface area contributed by atoms with Crippen molar-refractivity contribution in [2.75, 3.05) is 19.8 Å². The first kappa shape index (κ1) is 13.5. The SMILES string of the molecule is CCCC(C)(N)C(=O)N1CCOCC1(C)C. The van der Waals surface area contributed by atoms with Gasteiger partial charge in [0, 0.05) is 6.54 Å². The van der Waals surface area contributed by atoms with Crippen molar-refractivity contribution in [3.8, 4) is 0 Å². The molecule has 1 saturated heterocycles. The summed E-state index contributed by atoms with van der Waals surface area (Å²) in [6.07, 6.45) is 1.64. The molecule has 1 aliphatic rings. The molecule has 94 valence electrons. The van der Waals surface area contributed by atoms with Crippen molar-refractivity contribution in [1.29, 1.82) is 0 Å². The highest BCUT2D eigenvalue weighted by atomic mass is 16.5. The van der Waals surface area contributed by atoms with Crippen LogP contribution in [0.5, 0.6) is 0 Å². The summed E-state index contributed by atoms with van der Waals surface area (Å²) in [7, 11) is 0. The van der Waals surface area contributed by atoms with Gasteiger partial charge in [-0.3, -0.25) is 4.79 Å². The molecular weight excluding hydrogens is 204 g/mol. The standard InChI is InChI=1S/C12H24N2O2/c1-5-6-12(4,13)10(15)14-7-8-16-9-11(14,2)3/h5-9,13H2,1-4H3. The predicted octanol–water partition coefficient (Wildman–Crippen LogP) is 1.14. The van der Waals surface area contributed by atoms with Crippen LogP contribution in [0.3, 0.4) is 0 Å². The lowest BCUT2D eigenvalue weighted by Gasteiger charge is -2.45. The number of carbonyl (C=O) groups is 1. The monoisotopic (exact) mass is 228 g/mol. The molecule has 1 rings (SSSR count). The second kappa shape index (κ2) is 4.72.